The average Bonchev–Trinajstić information content (AvgIpc) is 2.69. The molecule has 1 heterocycles. The maximum Gasteiger partial charge on any atom is 0.103 e. The molecule has 0 aliphatic carbocycles. The Labute approximate surface area is 120 Å². The second-order valence-electron chi connectivity index (χ2n) is 5.69. The Balaban J connectivity index is 2.82. The van der Waals surface area contributed by atoms with E-state index >= 15 is 0 Å². The molecule has 0 saturated heterocycles. The van der Waals surface area contributed by atoms with E-state index in [-0.39, 0.29) is 5.41 Å². The standard InChI is InChI=1S/C14H26N2S2/c1-7-10(2)17-9-12-16-13(14(3,4)5)11(18-12)8-15-6/h10,15H,7-9H2,1-6H3. The largest absolute Gasteiger partial charge is 0.315 e. The van der Waals surface area contributed by atoms with Crippen molar-refractivity contribution >= 4 is 23.1 Å². The van der Waals surface area contributed by atoms with Gasteiger partial charge in [0.1, 0.15) is 5.01 Å². The number of nitrogens with zero attached hydrogens (tertiary/aromatic N) is 1. The Bertz CT molecular complexity index is 366. The Hall–Kier alpha value is -0.0600. The Morgan fingerprint density at radius 2 is 2.06 bits per heavy atom. The Kier molecular flexibility index (Phi) is 6.15. The topological polar surface area (TPSA) is 24.9 Å². The van der Waals surface area contributed by atoms with Crippen molar-refractivity contribution in [2.75, 3.05) is 7.05 Å². The summed E-state index contributed by atoms with van der Waals surface area (Å²) in [6.45, 7) is 12.2. The van der Waals surface area contributed by atoms with E-state index in [1.54, 1.807) is 0 Å². The first-order valence-corrected chi connectivity index (χ1v) is 8.50. The Morgan fingerprint density at radius 1 is 1.39 bits per heavy atom. The van der Waals surface area contributed by atoms with Crippen LogP contribution in [0.4, 0.5) is 0 Å². The molecule has 0 saturated carbocycles. The third kappa shape index (κ3) is 4.56. The summed E-state index contributed by atoms with van der Waals surface area (Å²) < 4.78 is 0. The zero-order valence-electron chi connectivity index (χ0n) is 12.5. The number of thiazole rings is 1. The van der Waals surface area contributed by atoms with Crippen molar-refractivity contribution < 1.29 is 0 Å². The highest BCUT2D eigenvalue weighted by molar-refractivity contribution is 7.99. The highest BCUT2D eigenvalue weighted by Crippen LogP contribution is 2.32. The SMILES string of the molecule is CCC(C)SCc1nc(C(C)(C)C)c(CNC)s1. The summed E-state index contributed by atoms with van der Waals surface area (Å²) in [5.74, 6) is 1.05. The number of thioether (sulfide) groups is 1. The van der Waals surface area contributed by atoms with Crippen molar-refractivity contribution in [1.82, 2.24) is 10.3 Å². The molecule has 2 nitrogen and oxygen atoms in total. The molecule has 0 bridgehead atoms. The average molecular weight is 287 g/mol. The van der Waals surface area contributed by atoms with Crippen LogP contribution in [0.1, 0.15) is 56.6 Å². The molecule has 1 N–H and O–H groups in total. The third-order valence-electron chi connectivity index (χ3n) is 2.86. The van der Waals surface area contributed by atoms with E-state index in [9.17, 15) is 0 Å². The van der Waals surface area contributed by atoms with Gasteiger partial charge in [-0.15, -0.1) is 11.3 Å². The minimum absolute atomic E-state index is 0.141. The van der Waals surface area contributed by atoms with Gasteiger partial charge in [-0.25, -0.2) is 4.98 Å². The summed E-state index contributed by atoms with van der Waals surface area (Å²) in [6.07, 6.45) is 1.23. The molecule has 0 aliphatic rings. The molecule has 1 rings (SSSR count). The maximum atomic E-state index is 4.86. The summed E-state index contributed by atoms with van der Waals surface area (Å²) >= 11 is 3.88. The molecule has 0 aromatic carbocycles. The lowest BCUT2D eigenvalue weighted by Gasteiger charge is -2.17. The fraction of sp³-hybridized carbons (Fsp3) is 0.786. The van der Waals surface area contributed by atoms with E-state index in [4.69, 9.17) is 4.98 Å². The molecule has 104 valence electrons. The van der Waals surface area contributed by atoms with Crippen LogP contribution in [0.2, 0.25) is 0 Å². The van der Waals surface area contributed by atoms with Gasteiger partial charge in [-0.1, -0.05) is 34.6 Å². The van der Waals surface area contributed by atoms with Gasteiger partial charge in [-0.2, -0.15) is 11.8 Å². The van der Waals surface area contributed by atoms with Crippen LogP contribution >= 0.6 is 23.1 Å². The lowest BCUT2D eigenvalue weighted by Crippen LogP contribution is -2.16. The fourth-order valence-corrected chi connectivity index (χ4v) is 3.91. The second-order valence-corrected chi connectivity index (χ2v) is 8.28. The summed E-state index contributed by atoms with van der Waals surface area (Å²) in [5, 5.41) is 5.25. The molecule has 4 heteroatoms. The second kappa shape index (κ2) is 6.92. The predicted molar refractivity (Wildman–Crippen MR) is 84.6 cm³/mol. The number of aromatic nitrogens is 1. The lowest BCUT2D eigenvalue weighted by atomic mass is 9.91. The maximum absolute atomic E-state index is 4.86. The van der Waals surface area contributed by atoms with Gasteiger partial charge in [-0.05, 0) is 13.5 Å². The van der Waals surface area contributed by atoms with E-state index < -0.39 is 0 Å². The first-order valence-electron chi connectivity index (χ1n) is 6.63. The molecular formula is C14H26N2S2. The summed E-state index contributed by atoms with van der Waals surface area (Å²) in [7, 11) is 2.00. The fourth-order valence-electron chi connectivity index (χ4n) is 1.66. The van der Waals surface area contributed by atoms with Crippen molar-refractivity contribution in [3.63, 3.8) is 0 Å². The highest BCUT2D eigenvalue weighted by Gasteiger charge is 2.22. The van der Waals surface area contributed by atoms with Crippen LogP contribution in [0, 0.1) is 0 Å². The van der Waals surface area contributed by atoms with Crippen LogP contribution < -0.4 is 5.32 Å². The molecule has 0 fully saturated rings. The normalized spacial score (nSPS) is 13.9. The number of hydrogen-bond donors (Lipinski definition) is 1. The number of hydrogen-bond acceptors (Lipinski definition) is 4. The van der Waals surface area contributed by atoms with Crippen molar-refractivity contribution in [2.45, 2.75) is 64.0 Å². The van der Waals surface area contributed by atoms with E-state index in [1.807, 2.05) is 30.1 Å². The number of rotatable bonds is 6. The van der Waals surface area contributed by atoms with Crippen LogP contribution in [0.15, 0.2) is 0 Å². The van der Waals surface area contributed by atoms with Gasteiger partial charge in [0.2, 0.25) is 0 Å². The summed E-state index contributed by atoms with van der Waals surface area (Å²) in [4.78, 5) is 6.26. The number of nitrogens with one attached hydrogen (secondary N) is 1. The third-order valence-corrected chi connectivity index (χ3v) is 5.44. The molecule has 18 heavy (non-hydrogen) atoms. The highest BCUT2D eigenvalue weighted by atomic mass is 32.2. The monoisotopic (exact) mass is 286 g/mol. The Morgan fingerprint density at radius 3 is 2.56 bits per heavy atom. The smallest absolute Gasteiger partial charge is 0.103 e. The van der Waals surface area contributed by atoms with Crippen LogP contribution in [-0.2, 0) is 17.7 Å². The van der Waals surface area contributed by atoms with Crippen LogP contribution in [0.25, 0.3) is 0 Å². The van der Waals surface area contributed by atoms with Gasteiger partial charge in [-0.3, -0.25) is 0 Å². The van der Waals surface area contributed by atoms with Gasteiger partial charge in [0.05, 0.1) is 5.69 Å². The van der Waals surface area contributed by atoms with Crippen LogP contribution in [0.3, 0.4) is 0 Å². The van der Waals surface area contributed by atoms with Gasteiger partial charge in [0, 0.05) is 27.8 Å². The first-order chi connectivity index (χ1) is 8.38. The minimum atomic E-state index is 0.141. The van der Waals surface area contributed by atoms with Crippen LogP contribution in [0.5, 0.6) is 0 Å². The van der Waals surface area contributed by atoms with Crippen molar-refractivity contribution in [3.8, 4) is 0 Å². The zero-order chi connectivity index (χ0) is 13.8. The molecule has 1 aromatic rings. The molecule has 1 atom stereocenters. The van der Waals surface area contributed by atoms with Crippen LogP contribution in [-0.4, -0.2) is 17.3 Å². The minimum Gasteiger partial charge on any atom is -0.315 e. The molecule has 1 unspecified atom stereocenters. The summed E-state index contributed by atoms with van der Waals surface area (Å²) in [5.41, 5.74) is 1.41. The quantitative estimate of drug-likeness (QED) is 0.848. The van der Waals surface area contributed by atoms with E-state index in [0.717, 1.165) is 17.5 Å². The molecule has 0 aliphatic heterocycles. The first kappa shape index (κ1) is 16.0. The summed E-state index contributed by atoms with van der Waals surface area (Å²) in [6, 6.07) is 0. The van der Waals surface area contributed by atoms with Gasteiger partial charge in [0.25, 0.3) is 0 Å². The molecule has 0 spiro atoms. The zero-order valence-corrected chi connectivity index (χ0v) is 14.1. The van der Waals surface area contributed by atoms with Crippen molar-refractivity contribution in [1.29, 1.82) is 0 Å². The van der Waals surface area contributed by atoms with Crippen molar-refractivity contribution in [3.05, 3.63) is 15.6 Å². The molecule has 1 aromatic heterocycles. The molecule has 0 amide bonds. The van der Waals surface area contributed by atoms with E-state index in [0.29, 0.717) is 0 Å². The predicted octanol–water partition coefficient (Wildman–Crippen LogP) is 4.19. The van der Waals surface area contributed by atoms with Gasteiger partial charge in [0.15, 0.2) is 0 Å². The van der Waals surface area contributed by atoms with Crippen molar-refractivity contribution in [2.24, 2.45) is 0 Å². The molecular weight excluding hydrogens is 260 g/mol. The van der Waals surface area contributed by atoms with E-state index in [1.165, 1.54) is 22.0 Å². The lowest BCUT2D eigenvalue weighted by molar-refractivity contribution is 0.562. The van der Waals surface area contributed by atoms with Gasteiger partial charge >= 0.3 is 0 Å². The van der Waals surface area contributed by atoms with E-state index in [2.05, 4.69) is 39.9 Å². The molecule has 0 radical (unpaired) electrons. The van der Waals surface area contributed by atoms with Gasteiger partial charge < -0.3 is 5.32 Å².